The highest BCUT2D eigenvalue weighted by Crippen LogP contribution is 2.35. The van der Waals surface area contributed by atoms with E-state index in [1.165, 1.54) is 0 Å². The lowest BCUT2D eigenvalue weighted by Crippen LogP contribution is -2.11. The maximum atomic E-state index is 12.5. The Kier molecular flexibility index (Phi) is 5.38. The molecule has 0 amide bonds. The first-order valence-electron chi connectivity index (χ1n) is 8.75. The molecule has 6 heteroatoms. The topological polar surface area (TPSA) is 52.6 Å². The van der Waals surface area contributed by atoms with E-state index >= 15 is 0 Å². The molecule has 4 nitrogen and oxygen atoms in total. The van der Waals surface area contributed by atoms with Crippen LogP contribution in [0.25, 0.3) is 6.08 Å². The summed E-state index contributed by atoms with van der Waals surface area (Å²) in [5, 5.41) is 1.13. The van der Waals surface area contributed by atoms with Crippen molar-refractivity contribution in [1.82, 2.24) is 0 Å². The summed E-state index contributed by atoms with van der Waals surface area (Å²) in [6.45, 7) is -0.139. The first-order valence-corrected chi connectivity index (χ1v) is 9.50. The van der Waals surface area contributed by atoms with Crippen LogP contribution in [-0.4, -0.2) is 18.2 Å². The molecule has 0 spiro atoms. The van der Waals surface area contributed by atoms with Crippen LogP contribution in [0, 0.1) is 0 Å². The third-order valence-corrected chi connectivity index (χ3v) is 4.81. The predicted molar refractivity (Wildman–Crippen MR) is 112 cm³/mol. The van der Waals surface area contributed by atoms with Crippen LogP contribution in [0.5, 0.6) is 11.5 Å². The number of ketones is 2. The van der Waals surface area contributed by atoms with Crippen LogP contribution in [0.3, 0.4) is 0 Å². The second-order valence-electron chi connectivity index (χ2n) is 6.37. The summed E-state index contributed by atoms with van der Waals surface area (Å²) in [5.74, 6) is 0.628. The fraction of sp³-hybridized carbons (Fsp3) is 0.0435. The Bertz CT molecular complexity index is 1130. The highest BCUT2D eigenvalue weighted by molar-refractivity contribution is 6.31. The fourth-order valence-electron chi connectivity index (χ4n) is 2.87. The molecule has 1 aliphatic heterocycles. The third-order valence-electron chi connectivity index (χ3n) is 4.32. The highest BCUT2D eigenvalue weighted by Gasteiger charge is 2.27. The fourth-order valence-corrected chi connectivity index (χ4v) is 3.20. The number of halogens is 2. The number of hydrogen-bond acceptors (Lipinski definition) is 4. The lowest BCUT2D eigenvalue weighted by molar-refractivity contribution is 0.0921. The van der Waals surface area contributed by atoms with Gasteiger partial charge in [-0.3, -0.25) is 9.59 Å². The first-order chi connectivity index (χ1) is 14.0. The molecular weight excluding hydrogens is 411 g/mol. The number of benzene rings is 3. The van der Waals surface area contributed by atoms with Crippen molar-refractivity contribution in [3.05, 3.63) is 99.2 Å². The zero-order valence-corrected chi connectivity index (χ0v) is 16.5. The van der Waals surface area contributed by atoms with Crippen LogP contribution in [0.2, 0.25) is 10.0 Å². The van der Waals surface area contributed by atoms with Crippen molar-refractivity contribution in [2.75, 3.05) is 6.61 Å². The number of fused-ring (bicyclic) bond motifs is 1. The Morgan fingerprint density at radius 3 is 2.52 bits per heavy atom. The Morgan fingerprint density at radius 2 is 1.76 bits per heavy atom. The summed E-state index contributed by atoms with van der Waals surface area (Å²) >= 11 is 11.8. The van der Waals surface area contributed by atoms with E-state index in [-0.39, 0.29) is 23.9 Å². The van der Waals surface area contributed by atoms with Gasteiger partial charge in [-0.15, -0.1) is 0 Å². The number of rotatable bonds is 5. The van der Waals surface area contributed by atoms with Gasteiger partial charge in [-0.25, -0.2) is 0 Å². The van der Waals surface area contributed by atoms with Crippen LogP contribution in [-0.2, 0) is 0 Å². The molecule has 1 heterocycles. The predicted octanol–water partition coefficient (Wildman–Crippen LogP) is 5.87. The van der Waals surface area contributed by atoms with Gasteiger partial charge in [0.1, 0.15) is 11.5 Å². The number of Topliss-reactive ketones (excluding diaryl/α,β-unsaturated/α-hetero) is 2. The molecule has 0 saturated carbocycles. The molecule has 0 N–H and O–H groups in total. The van der Waals surface area contributed by atoms with Gasteiger partial charge >= 0.3 is 0 Å². The Morgan fingerprint density at radius 1 is 0.966 bits per heavy atom. The van der Waals surface area contributed by atoms with E-state index in [1.54, 1.807) is 66.7 Å². The van der Waals surface area contributed by atoms with Gasteiger partial charge in [0, 0.05) is 21.7 Å². The minimum absolute atomic E-state index is 0.139. The number of ether oxygens (including phenoxy) is 2. The first kappa shape index (κ1) is 19.2. The second kappa shape index (κ2) is 8.11. The summed E-state index contributed by atoms with van der Waals surface area (Å²) in [7, 11) is 0. The van der Waals surface area contributed by atoms with Crippen molar-refractivity contribution in [3.8, 4) is 11.5 Å². The van der Waals surface area contributed by atoms with E-state index in [9.17, 15) is 9.59 Å². The van der Waals surface area contributed by atoms with E-state index in [1.807, 2.05) is 6.07 Å². The molecule has 144 valence electrons. The van der Waals surface area contributed by atoms with E-state index in [0.29, 0.717) is 32.7 Å². The summed E-state index contributed by atoms with van der Waals surface area (Å²) in [6.07, 6.45) is 1.64. The smallest absolute Gasteiger partial charge is 0.231 e. The van der Waals surface area contributed by atoms with Crippen LogP contribution >= 0.6 is 23.2 Å². The molecule has 3 aromatic carbocycles. The summed E-state index contributed by atoms with van der Waals surface area (Å²) < 4.78 is 11.3. The van der Waals surface area contributed by atoms with Crippen molar-refractivity contribution < 1.29 is 19.1 Å². The van der Waals surface area contributed by atoms with Crippen molar-refractivity contribution in [2.24, 2.45) is 0 Å². The van der Waals surface area contributed by atoms with Gasteiger partial charge in [-0.1, -0.05) is 35.3 Å². The summed E-state index contributed by atoms with van der Waals surface area (Å²) in [5.41, 5.74) is 1.71. The minimum Gasteiger partial charge on any atom is -0.485 e. The Hall–Kier alpha value is -3.08. The molecule has 0 bridgehead atoms. The van der Waals surface area contributed by atoms with Gasteiger partial charge in [-0.05, 0) is 60.2 Å². The SMILES string of the molecule is O=C(COc1ccc2c(c1)O/C(=C\c1cccc(Cl)c1)C2=O)c1ccc(Cl)cc1. The molecule has 0 unspecified atom stereocenters. The largest absolute Gasteiger partial charge is 0.485 e. The molecule has 0 radical (unpaired) electrons. The van der Waals surface area contributed by atoms with E-state index in [4.69, 9.17) is 32.7 Å². The second-order valence-corrected chi connectivity index (χ2v) is 7.24. The van der Waals surface area contributed by atoms with Crippen LogP contribution in [0.15, 0.2) is 72.5 Å². The molecule has 1 aliphatic rings. The minimum atomic E-state index is -0.219. The number of allylic oxidation sites excluding steroid dienone is 1. The van der Waals surface area contributed by atoms with Crippen molar-refractivity contribution in [1.29, 1.82) is 0 Å². The van der Waals surface area contributed by atoms with Gasteiger partial charge < -0.3 is 9.47 Å². The molecule has 0 saturated heterocycles. The standard InChI is InChI=1S/C23H14Cl2O4/c24-16-6-4-15(5-7-16)20(26)13-28-18-8-9-19-21(12-18)29-22(23(19)27)11-14-2-1-3-17(25)10-14/h1-12H,13H2/b22-11-. The quantitative estimate of drug-likeness (QED) is 0.379. The van der Waals surface area contributed by atoms with Gasteiger partial charge in [-0.2, -0.15) is 0 Å². The van der Waals surface area contributed by atoms with Gasteiger partial charge in [0.2, 0.25) is 5.78 Å². The molecule has 3 aromatic rings. The van der Waals surface area contributed by atoms with Gasteiger partial charge in [0.25, 0.3) is 0 Å². The van der Waals surface area contributed by atoms with Crippen LogP contribution in [0.1, 0.15) is 26.3 Å². The average molecular weight is 425 g/mol. The number of carbonyl (C=O) groups is 2. The molecule has 0 fully saturated rings. The number of hydrogen-bond donors (Lipinski definition) is 0. The van der Waals surface area contributed by atoms with Gasteiger partial charge in [0.05, 0.1) is 5.56 Å². The Balaban J connectivity index is 1.47. The summed E-state index contributed by atoms with van der Waals surface area (Å²) in [6, 6.07) is 18.6. The number of carbonyl (C=O) groups excluding carboxylic acids is 2. The van der Waals surface area contributed by atoms with Crippen molar-refractivity contribution in [3.63, 3.8) is 0 Å². The maximum absolute atomic E-state index is 12.5. The van der Waals surface area contributed by atoms with Crippen molar-refractivity contribution >= 4 is 40.8 Å². The average Bonchev–Trinajstić information content (AvgIpc) is 3.01. The monoisotopic (exact) mass is 424 g/mol. The van der Waals surface area contributed by atoms with Crippen molar-refractivity contribution in [2.45, 2.75) is 0 Å². The van der Waals surface area contributed by atoms with Crippen LogP contribution < -0.4 is 9.47 Å². The van der Waals surface area contributed by atoms with E-state index in [2.05, 4.69) is 0 Å². The zero-order chi connectivity index (χ0) is 20.4. The lowest BCUT2D eigenvalue weighted by atomic mass is 10.1. The molecule has 0 aromatic heterocycles. The molecular formula is C23H14Cl2O4. The Labute approximate surface area is 177 Å². The third kappa shape index (κ3) is 4.34. The van der Waals surface area contributed by atoms with Crippen LogP contribution in [0.4, 0.5) is 0 Å². The molecule has 0 aliphatic carbocycles. The molecule has 4 rings (SSSR count). The lowest BCUT2D eigenvalue weighted by Gasteiger charge is -2.07. The van der Waals surface area contributed by atoms with E-state index in [0.717, 1.165) is 5.56 Å². The van der Waals surface area contributed by atoms with Gasteiger partial charge in [0.15, 0.2) is 18.1 Å². The van der Waals surface area contributed by atoms with E-state index < -0.39 is 0 Å². The molecule has 29 heavy (non-hydrogen) atoms. The molecule has 0 atom stereocenters. The highest BCUT2D eigenvalue weighted by atomic mass is 35.5. The maximum Gasteiger partial charge on any atom is 0.231 e. The zero-order valence-electron chi connectivity index (χ0n) is 15.0. The normalized spacial score (nSPS) is 13.9. The summed E-state index contributed by atoms with van der Waals surface area (Å²) in [4.78, 5) is 24.8.